The number of hydrogen-bond donors (Lipinski definition) is 2. The SMILES string of the molecule is CCOC(=O)CCNC(=O)C(Cc1ccc(-c2ccccc2)cc1)NCP(=O)(OC(OC(=O)CC)C1CCCCC1)OC(OC(=O)CC)C1CCCCC1. The topological polar surface area (TPSA) is 156 Å². The molecule has 0 saturated heterocycles. The van der Waals surface area contributed by atoms with Crippen LogP contribution >= 0.6 is 7.60 Å². The van der Waals surface area contributed by atoms with E-state index in [4.69, 9.17) is 23.3 Å². The van der Waals surface area contributed by atoms with Crippen molar-refractivity contribution in [3.63, 3.8) is 0 Å². The molecule has 2 aromatic carbocycles. The minimum absolute atomic E-state index is 0.0134. The van der Waals surface area contributed by atoms with Gasteiger partial charge < -0.3 is 19.5 Å². The van der Waals surface area contributed by atoms with E-state index in [1.807, 2.05) is 54.6 Å². The van der Waals surface area contributed by atoms with E-state index in [-0.39, 0.29) is 50.7 Å². The van der Waals surface area contributed by atoms with E-state index in [1.54, 1.807) is 20.8 Å². The molecule has 0 aliphatic heterocycles. The predicted octanol–water partition coefficient (Wildman–Crippen LogP) is 7.83. The monoisotopic (exact) mass is 770 g/mol. The third kappa shape index (κ3) is 14.3. The fourth-order valence-electron chi connectivity index (χ4n) is 6.89. The minimum atomic E-state index is -4.31. The smallest absolute Gasteiger partial charge is 0.350 e. The van der Waals surface area contributed by atoms with Gasteiger partial charge in [0.05, 0.1) is 25.4 Å². The average molecular weight is 771 g/mol. The molecule has 0 heterocycles. The van der Waals surface area contributed by atoms with Crippen molar-refractivity contribution < 1.29 is 47.0 Å². The summed E-state index contributed by atoms with van der Waals surface area (Å²) in [6.45, 7) is 5.35. The van der Waals surface area contributed by atoms with Crippen molar-refractivity contribution in [1.82, 2.24) is 10.6 Å². The van der Waals surface area contributed by atoms with Gasteiger partial charge in [-0.05, 0) is 55.7 Å². The lowest BCUT2D eigenvalue weighted by molar-refractivity contribution is -0.183. The first-order chi connectivity index (χ1) is 26.1. The third-order valence-corrected chi connectivity index (χ3v) is 11.6. The Morgan fingerprint density at radius 2 is 1.22 bits per heavy atom. The Balaban J connectivity index is 1.63. The second-order valence-electron chi connectivity index (χ2n) is 14.1. The molecule has 3 unspecified atom stereocenters. The molecule has 0 radical (unpaired) electrons. The van der Waals surface area contributed by atoms with Gasteiger partial charge in [0, 0.05) is 31.2 Å². The summed E-state index contributed by atoms with van der Waals surface area (Å²) in [4.78, 5) is 51.1. The van der Waals surface area contributed by atoms with Gasteiger partial charge in [-0.2, -0.15) is 0 Å². The molecule has 0 aromatic heterocycles. The van der Waals surface area contributed by atoms with Crippen molar-refractivity contribution in [2.24, 2.45) is 11.8 Å². The number of amides is 1. The molecule has 0 spiro atoms. The van der Waals surface area contributed by atoms with Crippen LogP contribution in [0.1, 0.15) is 110 Å². The lowest BCUT2D eigenvalue weighted by Crippen LogP contribution is -2.47. The highest BCUT2D eigenvalue weighted by atomic mass is 31.2. The van der Waals surface area contributed by atoms with Crippen LogP contribution in [-0.2, 0) is 53.4 Å². The van der Waals surface area contributed by atoms with E-state index < -0.39 is 56.3 Å². The average Bonchev–Trinajstić information content (AvgIpc) is 3.20. The Morgan fingerprint density at radius 1 is 0.704 bits per heavy atom. The fraction of sp³-hybridized carbons (Fsp3) is 0.610. The second-order valence-corrected chi connectivity index (χ2v) is 16.0. The van der Waals surface area contributed by atoms with Crippen molar-refractivity contribution in [2.75, 3.05) is 19.4 Å². The molecular formula is C41H59N2O10P. The number of ether oxygens (including phenoxy) is 3. The zero-order chi connectivity index (χ0) is 38.8. The van der Waals surface area contributed by atoms with Gasteiger partial charge in [-0.3, -0.25) is 38.1 Å². The molecule has 0 bridgehead atoms. The Labute approximate surface area is 320 Å². The van der Waals surface area contributed by atoms with Crippen molar-refractivity contribution in [3.05, 3.63) is 60.2 Å². The number of esters is 3. The van der Waals surface area contributed by atoms with Crippen LogP contribution in [-0.4, -0.2) is 61.9 Å². The molecule has 12 nitrogen and oxygen atoms in total. The summed E-state index contributed by atoms with van der Waals surface area (Å²) in [6.07, 6.45) is 6.25. The van der Waals surface area contributed by atoms with Crippen LogP contribution in [0.15, 0.2) is 54.6 Å². The maximum Gasteiger partial charge on any atom is 0.350 e. The number of hydrogen-bond acceptors (Lipinski definition) is 11. The van der Waals surface area contributed by atoms with Gasteiger partial charge in [0.25, 0.3) is 0 Å². The molecule has 4 rings (SSSR count). The van der Waals surface area contributed by atoms with Crippen molar-refractivity contribution >= 4 is 31.4 Å². The van der Waals surface area contributed by atoms with E-state index in [2.05, 4.69) is 10.6 Å². The van der Waals surface area contributed by atoms with Crippen LogP contribution in [0.5, 0.6) is 0 Å². The standard InChI is InChI=1S/C41H59N2O10P/c1-4-36(44)50-40(33-18-12-8-13-19-33)52-54(48,53-41(51-37(45)5-2)34-20-14-9-15-21-34)29-43-35(39(47)42-27-26-38(46)49-6-3)28-30-22-24-32(25-23-30)31-16-10-7-11-17-31/h7,10-11,16-17,22-25,33-35,40-41,43H,4-6,8-9,12-15,18-21,26-29H2,1-3H3,(H,42,47). The zero-order valence-corrected chi connectivity index (χ0v) is 33.0. The number of carbonyl (C=O) groups excluding carboxylic acids is 4. The van der Waals surface area contributed by atoms with Crippen LogP contribution in [0.3, 0.4) is 0 Å². The van der Waals surface area contributed by atoms with E-state index in [1.165, 1.54) is 0 Å². The van der Waals surface area contributed by atoms with E-state index >= 15 is 4.57 Å². The van der Waals surface area contributed by atoms with Gasteiger partial charge in [0.1, 0.15) is 0 Å². The van der Waals surface area contributed by atoms with E-state index in [0.29, 0.717) is 0 Å². The first kappa shape index (κ1) is 43.2. The molecule has 1 amide bonds. The lowest BCUT2D eigenvalue weighted by Gasteiger charge is -2.36. The van der Waals surface area contributed by atoms with Gasteiger partial charge in [-0.25, -0.2) is 0 Å². The summed E-state index contributed by atoms with van der Waals surface area (Å²) in [5.41, 5.74) is 2.90. The van der Waals surface area contributed by atoms with E-state index in [0.717, 1.165) is 80.9 Å². The van der Waals surface area contributed by atoms with Gasteiger partial charge in [-0.1, -0.05) is 107 Å². The predicted molar refractivity (Wildman–Crippen MR) is 205 cm³/mol. The molecule has 2 aliphatic rings. The maximum absolute atomic E-state index is 15.1. The quantitative estimate of drug-likeness (QED) is 0.0552. The molecule has 2 aliphatic carbocycles. The molecule has 3 atom stereocenters. The molecule has 298 valence electrons. The molecule has 13 heteroatoms. The second kappa shape index (κ2) is 22.7. The highest BCUT2D eigenvalue weighted by molar-refractivity contribution is 7.53. The molecule has 2 fully saturated rings. The van der Waals surface area contributed by atoms with Crippen molar-refractivity contribution in [2.45, 2.75) is 129 Å². The Kier molecular flexibility index (Phi) is 18.2. The maximum atomic E-state index is 15.1. The molecule has 54 heavy (non-hydrogen) atoms. The Morgan fingerprint density at radius 3 is 1.72 bits per heavy atom. The summed E-state index contributed by atoms with van der Waals surface area (Å²) in [7, 11) is -4.31. The van der Waals surface area contributed by atoms with Crippen LogP contribution in [0.2, 0.25) is 0 Å². The summed E-state index contributed by atoms with van der Waals surface area (Å²) in [5.74, 6) is -2.27. The normalized spacial score (nSPS) is 18.1. The van der Waals surface area contributed by atoms with Gasteiger partial charge in [0.15, 0.2) is 0 Å². The van der Waals surface area contributed by atoms with Gasteiger partial charge in [0.2, 0.25) is 18.5 Å². The lowest BCUT2D eigenvalue weighted by atomic mass is 9.89. The van der Waals surface area contributed by atoms with Crippen LogP contribution in [0.25, 0.3) is 11.1 Å². The highest BCUT2D eigenvalue weighted by Gasteiger charge is 2.41. The van der Waals surface area contributed by atoms with Gasteiger partial charge >= 0.3 is 25.5 Å². The Hall–Kier alpha value is -3.57. The zero-order valence-electron chi connectivity index (χ0n) is 32.1. The van der Waals surface area contributed by atoms with Crippen molar-refractivity contribution in [1.29, 1.82) is 0 Å². The largest absolute Gasteiger partial charge is 0.466 e. The summed E-state index contributed by atoms with van der Waals surface area (Å²) >= 11 is 0. The van der Waals surface area contributed by atoms with Gasteiger partial charge in [-0.15, -0.1) is 0 Å². The first-order valence-corrected chi connectivity index (χ1v) is 21.5. The number of rotatable bonds is 21. The fourth-order valence-corrected chi connectivity index (χ4v) is 8.59. The van der Waals surface area contributed by atoms with Crippen LogP contribution in [0, 0.1) is 11.8 Å². The van der Waals surface area contributed by atoms with Crippen LogP contribution in [0.4, 0.5) is 0 Å². The van der Waals surface area contributed by atoms with E-state index in [9.17, 15) is 19.2 Å². The first-order valence-electron chi connectivity index (χ1n) is 19.8. The molecule has 2 saturated carbocycles. The summed E-state index contributed by atoms with van der Waals surface area (Å²) < 4.78 is 44.3. The molecular weight excluding hydrogens is 711 g/mol. The number of nitrogens with one attached hydrogen (secondary N) is 2. The molecule has 2 N–H and O–H groups in total. The minimum Gasteiger partial charge on any atom is -0.466 e. The number of benzene rings is 2. The van der Waals surface area contributed by atoms with Crippen LogP contribution < -0.4 is 10.6 Å². The summed E-state index contributed by atoms with van der Waals surface area (Å²) in [6, 6.07) is 16.8. The summed E-state index contributed by atoms with van der Waals surface area (Å²) in [5, 5.41) is 5.95. The molecule has 2 aromatic rings. The number of carbonyl (C=O) groups is 4. The third-order valence-electron chi connectivity index (χ3n) is 9.95. The van der Waals surface area contributed by atoms with Crippen molar-refractivity contribution in [3.8, 4) is 11.1 Å². The highest BCUT2D eigenvalue weighted by Crippen LogP contribution is 2.53. The Bertz CT molecular complexity index is 1460.